The molecule has 0 bridgehead atoms. The zero-order chi connectivity index (χ0) is 22.0. The summed E-state index contributed by atoms with van der Waals surface area (Å²) in [5.41, 5.74) is 1.58. The van der Waals surface area contributed by atoms with Crippen LogP contribution in [0.25, 0.3) is 0 Å². The van der Waals surface area contributed by atoms with Gasteiger partial charge in [0.1, 0.15) is 17.5 Å². The summed E-state index contributed by atoms with van der Waals surface area (Å²) in [7, 11) is 5.25. The van der Waals surface area contributed by atoms with E-state index in [4.69, 9.17) is 4.74 Å². The van der Waals surface area contributed by atoms with E-state index in [0.29, 0.717) is 29.0 Å². The molecule has 2 aromatic carbocycles. The Morgan fingerprint density at radius 1 is 1.13 bits per heavy atom. The maximum Gasteiger partial charge on any atom is 0.291 e. The van der Waals surface area contributed by atoms with E-state index in [1.807, 2.05) is 19.0 Å². The summed E-state index contributed by atoms with van der Waals surface area (Å²) >= 11 is 0. The first-order valence-electron chi connectivity index (χ1n) is 9.68. The minimum Gasteiger partial charge on any atom is -0.497 e. The number of Topliss-reactive ketones (excluding diaryl/α,β-unsaturated/α-hetero) is 2. The van der Waals surface area contributed by atoms with Crippen LogP contribution in [0.1, 0.15) is 27.5 Å². The molecule has 1 saturated heterocycles. The van der Waals surface area contributed by atoms with E-state index in [0.717, 1.165) is 0 Å². The predicted molar refractivity (Wildman–Crippen MR) is 110 cm³/mol. The lowest BCUT2D eigenvalue weighted by Crippen LogP contribution is -2.36. The molecule has 2 atom stereocenters. The summed E-state index contributed by atoms with van der Waals surface area (Å²) in [5.74, 6) is -2.85. The molecule has 1 heterocycles. The summed E-state index contributed by atoms with van der Waals surface area (Å²) < 4.78 is 18.7. The van der Waals surface area contributed by atoms with E-state index >= 15 is 0 Å². The summed E-state index contributed by atoms with van der Waals surface area (Å²) in [6.45, 7) is 2.57. The SMILES string of the molecule is COc1ccc(C(=O)C2C(=O)C(=O)N(CCN(C)C)C2c2ccc(F)cc2)c(C)c1. The minimum atomic E-state index is -1.18. The third-order valence-corrected chi connectivity index (χ3v) is 5.39. The van der Waals surface area contributed by atoms with Crippen molar-refractivity contribution in [1.29, 1.82) is 0 Å². The molecule has 7 heteroatoms. The van der Waals surface area contributed by atoms with Crippen LogP contribution in [-0.2, 0) is 9.59 Å². The first-order valence-corrected chi connectivity index (χ1v) is 9.68. The van der Waals surface area contributed by atoms with Gasteiger partial charge in [-0.3, -0.25) is 14.4 Å². The lowest BCUT2D eigenvalue weighted by molar-refractivity contribution is -0.140. The topological polar surface area (TPSA) is 66.9 Å². The highest BCUT2D eigenvalue weighted by Crippen LogP contribution is 2.38. The van der Waals surface area contributed by atoms with Crippen molar-refractivity contribution in [2.45, 2.75) is 13.0 Å². The van der Waals surface area contributed by atoms with Crippen LogP contribution in [0.15, 0.2) is 42.5 Å². The van der Waals surface area contributed by atoms with E-state index < -0.39 is 35.3 Å². The van der Waals surface area contributed by atoms with Crippen molar-refractivity contribution >= 4 is 17.5 Å². The molecule has 0 saturated carbocycles. The van der Waals surface area contributed by atoms with Crippen molar-refractivity contribution in [2.24, 2.45) is 5.92 Å². The molecule has 0 radical (unpaired) electrons. The fourth-order valence-electron chi connectivity index (χ4n) is 3.77. The van der Waals surface area contributed by atoms with Crippen molar-refractivity contribution in [1.82, 2.24) is 9.80 Å². The number of likely N-dealkylation sites (N-methyl/N-ethyl adjacent to an activating group) is 1. The molecule has 1 fully saturated rings. The third-order valence-electron chi connectivity index (χ3n) is 5.39. The molecular formula is C23H25FN2O4. The lowest BCUT2D eigenvalue weighted by Gasteiger charge is -2.28. The molecule has 1 aliphatic rings. The number of halogens is 1. The monoisotopic (exact) mass is 412 g/mol. The van der Waals surface area contributed by atoms with E-state index in [2.05, 4.69) is 0 Å². The number of hydrogen-bond donors (Lipinski definition) is 0. The summed E-state index contributed by atoms with van der Waals surface area (Å²) in [4.78, 5) is 42.5. The first kappa shape index (κ1) is 21.6. The normalized spacial score (nSPS) is 18.9. The molecule has 1 aliphatic heterocycles. The summed E-state index contributed by atoms with van der Waals surface area (Å²) in [5, 5.41) is 0. The van der Waals surface area contributed by atoms with Gasteiger partial charge in [-0.25, -0.2) is 4.39 Å². The average Bonchev–Trinajstić information content (AvgIpc) is 2.96. The Kier molecular flexibility index (Phi) is 6.31. The number of hydrogen-bond acceptors (Lipinski definition) is 5. The number of amides is 1. The van der Waals surface area contributed by atoms with Crippen molar-refractivity contribution in [2.75, 3.05) is 34.3 Å². The number of methoxy groups -OCH3 is 1. The molecule has 2 aromatic rings. The zero-order valence-corrected chi connectivity index (χ0v) is 17.5. The van der Waals surface area contributed by atoms with Crippen LogP contribution in [0, 0.1) is 18.7 Å². The molecule has 2 unspecified atom stereocenters. The number of benzene rings is 2. The van der Waals surface area contributed by atoms with Gasteiger partial charge in [0, 0.05) is 18.7 Å². The van der Waals surface area contributed by atoms with E-state index in [9.17, 15) is 18.8 Å². The molecule has 3 rings (SSSR count). The quantitative estimate of drug-likeness (QED) is 0.397. The van der Waals surface area contributed by atoms with Crippen molar-refractivity contribution in [3.63, 3.8) is 0 Å². The maximum atomic E-state index is 13.5. The Bertz CT molecular complexity index is 972. The van der Waals surface area contributed by atoms with Crippen molar-refractivity contribution in [3.05, 3.63) is 65.0 Å². The number of ether oxygens (including phenoxy) is 1. The Morgan fingerprint density at radius 2 is 1.80 bits per heavy atom. The zero-order valence-electron chi connectivity index (χ0n) is 17.5. The second kappa shape index (κ2) is 8.75. The molecule has 30 heavy (non-hydrogen) atoms. The highest BCUT2D eigenvalue weighted by molar-refractivity contribution is 6.44. The van der Waals surface area contributed by atoms with Crippen LogP contribution in [-0.4, -0.2) is 61.6 Å². The molecule has 0 aromatic heterocycles. The van der Waals surface area contributed by atoms with Crippen LogP contribution in [0.5, 0.6) is 5.75 Å². The molecule has 158 valence electrons. The predicted octanol–water partition coefficient (Wildman–Crippen LogP) is 2.66. The standard InChI is InChI=1S/C23H25FN2O4/c1-14-13-17(30-4)9-10-18(14)21(27)19-20(15-5-7-16(24)8-6-15)26(12-11-25(2)3)23(29)22(19)28/h5-10,13,19-20H,11-12H2,1-4H3. The first-order chi connectivity index (χ1) is 14.2. The van der Waals surface area contributed by atoms with Gasteiger partial charge in [-0.15, -0.1) is 0 Å². The van der Waals surface area contributed by atoms with Crippen LogP contribution < -0.4 is 4.74 Å². The third kappa shape index (κ3) is 4.11. The lowest BCUT2D eigenvalue weighted by atomic mass is 9.85. The van der Waals surface area contributed by atoms with Crippen LogP contribution in [0.3, 0.4) is 0 Å². The number of nitrogens with zero attached hydrogens (tertiary/aromatic N) is 2. The molecule has 0 N–H and O–H groups in total. The van der Waals surface area contributed by atoms with Crippen molar-refractivity contribution < 1.29 is 23.5 Å². The Morgan fingerprint density at radius 3 is 2.37 bits per heavy atom. The number of rotatable bonds is 7. The fourth-order valence-corrected chi connectivity index (χ4v) is 3.77. The Balaban J connectivity index is 2.05. The Labute approximate surface area is 175 Å². The molecule has 6 nitrogen and oxygen atoms in total. The highest BCUT2D eigenvalue weighted by Gasteiger charge is 2.51. The van der Waals surface area contributed by atoms with Crippen LogP contribution in [0.2, 0.25) is 0 Å². The largest absolute Gasteiger partial charge is 0.497 e. The van der Waals surface area contributed by atoms with E-state index in [1.165, 1.54) is 36.3 Å². The molecular weight excluding hydrogens is 387 g/mol. The summed E-state index contributed by atoms with van der Waals surface area (Å²) in [6, 6.07) is 9.78. The average molecular weight is 412 g/mol. The smallest absolute Gasteiger partial charge is 0.291 e. The van der Waals surface area contributed by atoms with Gasteiger partial charge in [0.05, 0.1) is 13.2 Å². The molecule has 0 spiro atoms. The van der Waals surface area contributed by atoms with Gasteiger partial charge in [-0.1, -0.05) is 12.1 Å². The van der Waals surface area contributed by atoms with Gasteiger partial charge in [0.15, 0.2) is 5.78 Å². The van der Waals surface area contributed by atoms with Gasteiger partial charge in [0.2, 0.25) is 5.78 Å². The van der Waals surface area contributed by atoms with Crippen LogP contribution in [0.4, 0.5) is 4.39 Å². The Hall–Kier alpha value is -3.06. The fraction of sp³-hybridized carbons (Fsp3) is 0.348. The van der Waals surface area contributed by atoms with Crippen molar-refractivity contribution in [3.8, 4) is 5.75 Å². The van der Waals surface area contributed by atoms with E-state index in [-0.39, 0.29) is 6.54 Å². The second-order valence-electron chi connectivity index (χ2n) is 7.69. The second-order valence-corrected chi connectivity index (χ2v) is 7.69. The number of likely N-dealkylation sites (tertiary alicyclic amines) is 1. The number of ketones is 2. The molecule has 1 amide bonds. The number of aryl methyl sites for hydroxylation is 1. The van der Waals surface area contributed by atoms with E-state index in [1.54, 1.807) is 25.1 Å². The molecule has 0 aliphatic carbocycles. The van der Waals surface area contributed by atoms with Gasteiger partial charge in [-0.05, 0) is 62.5 Å². The van der Waals surface area contributed by atoms with Gasteiger partial charge >= 0.3 is 0 Å². The van der Waals surface area contributed by atoms with Gasteiger partial charge in [-0.2, -0.15) is 0 Å². The van der Waals surface area contributed by atoms with Gasteiger partial charge < -0.3 is 14.5 Å². The maximum absolute atomic E-state index is 13.5. The summed E-state index contributed by atoms with van der Waals surface area (Å²) in [6.07, 6.45) is 0. The highest BCUT2D eigenvalue weighted by atomic mass is 19.1. The minimum absolute atomic E-state index is 0.283. The number of carbonyl (C=O) groups is 3. The number of carbonyl (C=O) groups excluding carboxylic acids is 3. The van der Waals surface area contributed by atoms with Gasteiger partial charge in [0.25, 0.3) is 5.91 Å². The van der Waals surface area contributed by atoms with Crippen LogP contribution >= 0.6 is 0 Å².